The minimum Gasteiger partial charge on any atom is -0.462 e. The van der Waals surface area contributed by atoms with Crippen molar-refractivity contribution in [1.29, 1.82) is 0 Å². The molecule has 0 heterocycles. The molecule has 0 bridgehead atoms. The molecular weight excluding hydrogens is 997 g/mol. The molecule has 0 aliphatic rings. The monoisotopic (exact) mass is 1120 g/mol. The van der Waals surface area contributed by atoms with Crippen LogP contribution in [0.15, 0.2) is 134 Å². The third-order valence-electron chi connectivity index (χ3n) is 14.1. The van der Waals surface area contributed by atoms with Crippen molar-refractivity contribution in [1.82, 2.24) is 0 Å². The lowest BCUT2D eigenvalue weighted by molar-refractivity contribution is -0.167. The molecule has 0 aliphatic carbocycles. The second-order valence-corrected chi connectivity index (χ2v) is 22.0. The van der Waals surface area contributed by atoms with E-state index in [2.05, 4.69) is 154 Å². The van der Waals surface area contributed by atoms with Crippen molar-refractivity contribution in [2.24, 2.45) is 0 Å². The summed E-state index contributed by atoms with van der Waals surface area (Å²) in [5.74, 6) is -0.963. The van der Waals surface area contributed by atoms with Crippen molar-refractivity contribution in [3.8, 4) is 0 Å². The van der Waals surface area contributed by atoms with E-state index in [-0.39, 0.29) is 37.5 Å². The van der Waals surface area contributed by atoms with Crippen LogP contribution in [-0.2, 0) is 28.6 Å². The Hall–Kier alpha value is -4.45. The number of carbonyl (C=O) groups excluding carboxylic acids is 3. The second-order valence-electron chi connectivity index (χ2n) is 22.0. The molecule has 0 fully saturated rings. The molecule has 6 heteroatoms. The van der Waals surface area contributed by atoms with E-state index in [1.165, 1.54) is 128 Å². The maximum atomic E-state index is 12.9. The van der Waals surface area contributed by atoms with Crippen LogP contribution in [-0.4, -0.2) is 37.2 Å². The third-order valence-corrected chi connectivity index (χ3v) is 14.1. The van der Waals surface area contributed by atoms with Gasteiger partial charge in [0.05, 0.1) is 0 Å². The Balaban J connectivity index is 4.29. The first-order chi connectivity index (χ1) is 40.0. The Bertz CT molecular complexity index is 1720. The molecule has 0 N–H and O–H groups in total. The number of rotatable bonds is 60. The van der Waals surface area contributed by atoms with Crippen LogP contribution >= 0.6 is 0 Å². The van der Waals surface area contributed by atoms with Gasteiger partial charge < -0.3 is 14.2 Å². The van der Waals surface area contributed by atoms with Gasteiger partial charge in [0.1, 0.15) is 13.2 Å². The molecule has 0 rings (SSSR count). The van der Waals surface area contributed by atoms with Gasteiger partial charge >= 0.3 is 17.9 Å². The molecule has 0 aromatic carbocycles. The fourth-order valence-electron chi connectivity index (χ4n) is 9.14. The quantitative estimate of drug-likeness (QED) is 0.0261. The highest BCUT2D eigenvalue weighted by Crippen LogP contribution is 2.16. The van der Waals surface area contributed by atoms with Gasteiger partial charge in [-0.05, 0) is 135 Å². The minimum atomic E-state index is -0.813. The van der Waals surface area contributed by atoms with Crippen LogP contribution in [0.3, 0.4) is 0 Å². The maximum absolute atomic E-state index is 12.9. The van der Waals surface area contributed by atoms with Gasteiger partial charge in [0.15, 0.2) is 6.10 Å². The smallest absolute Gasteiger partial charge is 0.306 e. The van der Waals surface area contributed by atoms with Crippen molar-refractivity contribution < 1.29 is 28.6 Å². The van der Waals surface area contributed by atoms with Crippen LogP contribution in [0.5, 0.6) is 0 Å². The van der Waals surface area contributed by atoms with Crippen molar-refractivity contribution in [3.63, 3.8) is 0 Å². The molecule has 81 heavy (non-hydrogen) atoms. The number of esters is 3. The fraction of sp³-hybridized carbons (Fsp3) is 0.667. The highest BCUT2D eigenvalue weighted by molar-refractivity contribution is 5.71. The zero-order valence-corrected chi connectivity index (χ0v) is 52.8. The third kappa shape index (κ3) is 66.2. The molecule has 0 aliphatic heterocycles. The van der Waals surface area contributed by atoms with Crippen LogP contribution in [0.2, 0.25) is 0 Å². The Morgan fingerprint density at radius 3 is 0.765 bits per heavy atom. The number of carbonyl (C=O) groups is 3. The van der Waals surface area contributed by atoms with Crippen LogP contribution in [0, 0.1) is 0 Å². The van der Waals surface area contributed by atoms with E-state index in [1.807, 2.05) is 0 Å². The lowest BCUT2D eigenvalue weighted by Crippen LogP contribution is -2.30. The lowest BCUT2D eigenvalue weighted by atomic mass is 10.0. The summed E-state index contributed by atoms with van der Waals surface area (Å²) in [4.78, 5) is 38.3. The van der Waals surface area contributed by atoms with Crippen LogP contribution < -0.4 is 0 Å². The van der Waals surface area contributed by atoms with E-state index in [0.29, 0.717) is 12.8 Å². The molecule has 0 radical (unpaired) electrons. The number of ether oxygens (including phenoxy) is 3. The summed E-state index contributed by atoms with van der Waals surface area (Å²) < 4.78 is 16.9. The van der Waals surface area contributed by atoms with Gasteiger partial charge in [0.2, 0.25) is 0 Å². The highest BCUT2D eigenvalue weighted by atomic mass is 16.6. The van der Waals surface area contributed by atoms with E-state index >= 15 is 0 Å². The van der Waals surface area contributed by atoms with Crippen molar-refractivity contribution in [2.45, 2.75) is 309 Å². The molecule has 0 aromatic rings. The number of allylic oxidation sites excluding steroid dienone is 22. The van der Waals surface area contributed by atoms with E-state index in [9.17, 15) is 14.4 Å². The maximum Gasteiger partial charge on any atom is 0.306 e. The number of hydrogen-bond acceptors (Lipinski definition) is 6. The summed E-state index contributed by atoms with van der Waals surface area (Å²) in [6.45, 7) is 6.36. The average Bonchev–Trinajstić information content (AvgIpc) is 3.46. The molecule has 460 valence electrons. The molecule has 0 spiro atoms. The molecule has 0 amide bonds. The van der Waals surface area contributed by atoms with Gasteiger partial charge in [-0.1, -0.05) is 283 Å². The van der Waals surface area contributed by atoms with Crippen LogP contribution in [0.4, 0.5) is 0 Å². The summed E-state index contributed by atoms with van der Waals surface area (Å²) >= 11 is 0. The highest BCUT2D eigenvalue weighted by Gasteiger charge is 2.19. The number of unbranched alkanes of at least 4 members (excludes halogenated alkanes) is 27. The van der Waals surface area contributed by atoms with Gasteiger partial charge in [-0.15, -0.1) is 0 Å². The Kier molecular flexibility index (Phi) is 64.3. The van der Waals surface area contributed by atoms with E-state index < -0.39 is 6.10 Å². The summed E-state index contributed by atoms with van der Waals surface area (Å²) in [7, 11) is 0. The predicted molar refractivity (Wildman–Crippen MR) is 353 cm³/mol. The Labute approximate surface area is 500 Å². The first-order valence-electron chi connectivity index (χ1n) is 33.7. The van der Waals surface area contributed by atoms with E-state index in [4.69, 9.17) is 14.2 Å². The second kappa shape index (κ2) is 68.1. The summed E-state index contributed by atoms with van der Waals surface area (Å²) in [5, 5.41) is 0. The average molecular weight is 1120 g/mol. The van der Waals surface area contributed by atoms with Gasteiger partial charge in [0, 0.05) is 19.3 Å². The zero-order valence-electron chi connectivity index (χ0n) is 52.8. The zero-order chi connectivity index (χ0) is 58.5. The first kappa shape index (κ1) is 76.5. The fourth-order valence-corrected chi connectivity index (χ4v) is 9.14. The standard InChI is InChI=1S/C75H124O6/c1-4-7-10-13-16-19-22-25-27-29-31-32-33-34-35-36-37-38-39-40-41-42-44-45-47-50-53-56-59-62-65-68-74(77)80-71-72(70-79-73(76)67-64-61-58-55-52-49-24-21-18-15-12-9-6-3)81-75(78)69-66-63-60-57-54-51-48-46-43-30-28-26-23-20-17-14-11-8-5-2/h8-9,11-12,17-18,20-22,25-26,28-29,31,33-34,43,46,49,51-52,54,72H,4-7,10,13-16,19,23-24,27,30,32,35-42,44-45,47-48,50,53,55-71H2,1-3H3/b11-8-,12-9-,20-17-,21-18-,25-22-,28-26-,31-29-,34-33-,46-43-,52-49-,54-51-. The van der Waals surface area contributed by atoms with Crippen LogP contribution in [0.1, 0.15) is 303 Å². The topological polar surface area (TPSA) is 78.9 Å². The molecule has 1 unspecified atom stereocenters. The summed E-state index contributed by atoms with van der Waals surface area (Å²) in [5.41, 5.74) is 0. The van der Waals surface area contributed by atoms with Crippen molar-refractivity contribution in [2.75, 3.05) is 13.2 Å². The largest absolute Gasteiger partial charge is 0.462 e. The number of hydrogen-bond donors (Lipinski definition) is 0. The summed E-state index contributed by atoms with van der Waals surface area (Å²) in [6.07, 6.45) is 96.2. The molecular formula is C75H124O6. The SMILES string of the molecule is CC/C=C\C/C=C\C/C=C\C/C=C\C/C=C\CCCCCC(=O)OC(COC(=O)CCCCC/C=C\C/C=C\C/C=C\CC)COC(=O)CCCCCCCCCCCCCCCCCC/C=C\C/C=C\C/C=C\CCCCCCC. The van der Waals surface area contributed by atoms with E-state index in [0.717, 1.165) is 135 Å². The van der Waals surface area contributed by atoms with Gasteiger partial charge in [-0.2, -0.15) is 0 Å². The minimum absolute atomic E-state index is 0.103. The van der Waals surface area contributed by atoms with Gasteiger partial charge in [-0.25, -0.2) is 0 Å². The normalized spacial score (nSPS) is 13.0. The van der Waals surface area contributed by atoms with Crippen molar-refractivity contribution in [3.05, 3.63) is 134 Å². The first-order valence-corrected chi connectivity index (χ1v) is 33.7. The molecule has 0 aromatic heterocycles. The molecule has 6 nitrogen and oxygen atoms in total. The van der Waals surface area contributed by atoms with Crippen molar-refractivity contribution >= 4 is 17.9 Å². The van der Waals surface area contributed by atoms with Gasteiger partial charge in [0.25, 0.3) is 0 Å². The van der Waals surface area contributed by atoms with Crippen LogP contribution in [0.25, 0.3) is 0 Å². The summed E-state index contributed by atoms with van der Waals surface area (Å²) in [6, 6.07) is 0. The van der Waals surface area contributed by atoms with E-state index in [1.54, 1.807) is 0 Å². The Morgan fingerprint density at radius 2 is 0.481 bits per heavy atom. The lowest BCUT2D eigenvalue weighted by Gasteiger charge is -2.18. The molecule has 0 saturated heterocycles. The Morgan fingerprint density at radius 1 is 0.259 bits per heavy atom. The predicted octanol–water partition coefficient (Wildman–Crippen LogP) is 23.3. The van der Waals surface area contributed by atoms with Gasteiger partial charge in [-0.3, -0.25) is 14.4 Å². The molecule has 1 atom stereocenters. The molecule has 0 saturated carbocycles.